The molecule has 0 amide bonds. The maximum atomic E-state index is 5.90. The molecule has 0 fully saturated rings. The molecule has 94 valence electrons. The highest BCUT2D eigenvalue weighted by molar-refractivity contribution is 9.10. The SMILES string of the molecule is Cc1ccc(C)c(COc2c(N)cccc2Br)c1. The van der Waals surface area contributed by atoms with E-state index in [9.17, 15) is 0 Å². The molecule has 2 rings (SSSR count). The van der Waals surface area contributed by atoms with Gasteiger partial charge in [-0.2, -0.15) is 0 Å². The predicted octanol–water partition coefficient (Wildman–Crippen LogP) is 4.23. The maximum Gasteiger partial charge on any atom is 0.156 e. The van der Waals surface area contributed by atoms with Crippen LogP contribution in [0.25, 0.3) is 0 Å². The van der Waals surface area contributed by atoms with E-state index < -0.39 is 0 Å². The molecule has 0 aliphatic rings. The van der Waals surface area contributed by atoms with Gasteiger partial charge in [-0.1, -0.05) is 29.8 Å². The van der Waals surface area contributed by atoms with Crippen molar-refractivity contribution in [3.63, 3.8) is 0 Å². The van der Waals surface area contributed by atoms with Crippen LogP contribution < -0.4 is 10.5 Å². The lowest BCUT2D eigenvalue weighted by Crippen LogP contribution is -2.01. The van der Waals surface area contributed by atoms with Crippen molar-refractivity contribution in [1.82, 2.24) is 0 Å². The topological polar surface area (TPSA) is 35.2 Å². The highest BCUT2D eigenvalue weighted by atomic mass is 79.9. The predicted molar refractivity (Wildman–Crippen MR) is 78.8 cm³/mol. The lowest BCUT2D eigenvalue weighted by molar-refractivity contribution is 0.305. The molecule has 0 spiro atoms. The van der Waals surface area contributed by atoms with E-state index in [1.807, 2.05) is 18.2 Å². The van der Waals surface area contributed by atoms with Crippen LogP contribution in [-0.2, 0) is 6.61 Å². The van der Waals surface area contributed by atoms with Gasteiger partial charge in [0.1, 0.15) is 6.61 Å². The quantitative estimate of drug-likeness (QED) is 0.861. The van der Waals surface area contributed by atoms with Crippen molar-refractivity contribution in [3.05, 3.63) is 57.6 Å². The minimum Gasteiger partial charge on any atom is -0.486 e. The van der Waals surface area contributed by atoms with E-state index >= 15 is 0 Å². The van der Waals surface area contributed by atoms with Gasteiger partial charge in [0.25, 0.3) is 0 Å². The third-order valence-corrected chi connectivity index (χ3v) is 3.50. The van der Waals surface area contributed by atoms with E-state index in [2.05, 4.69) is 48.0 Å². The summed E-state index contributed by atoms with van der Waals surface area (Å²) in [5.74, 6) is 0.707. The first-order valence-corrected chi connectivity index (χ1v) is 6.60. The summed E-state index contributed by atoms with van der Waals surface area (Å²) in [5, 5.41) is 0. The average Bonchev–Trinajstić information content (AvgIpc) is 2.33. The zero-order valence-electron chi connectivity index (χ0n) is 10.5. The van der Waals surface area contributed by atoms with Crippen LogP contribution in [0.4, 0.5) is 5.69 Å². The summed E-state index contributed by atoms with van der Waals surface area (Å²) in [5.41, 5.74) is 10.2. The number of rotatable bonds is 3. The largest absolute Gasteiger partial charge is 0.486 e. The summed E-state index contributed by atoms with van der Waals surface area (Å²) < 4.78 is 6.70. The molecular weight excluding hydrogens is 290 g/mol. The number of hydrogen-bond acceptors (Lipinski definition) is 2. The van der Waals surface area contributed by atoms with Gasteiger partial charge in [0.2, 0.25) is 0 Å². The second-order valence-corrected chi connectivity index (χ2v) is 5.23. The number of anilines is 1. The lowest BCUT2D eigenvalue weighted by Gasteiger charge is -2.12. The summed E-state index contributed by atoms with van der Waals surface area (Å²) >= 11 is 3.45. The molecule has 18 heavy (non-hydrogen) atoms. The number of aryl methyl sites for hydroxylation is 2. The highest BCUT2D eigenvalue weighted by Gasteiger charge is 2.06. The number of benzene rings is 2. The zero-order valence-corrected chi connectivity index (χ0v) is 12.1. The summed E-state index contributed by atoms with van der Waals surface area (Å²) in [6, 6.07) is 12.0. The van der Waals surface area contributed by atoms with Crippen LogP contribution in [-0.4, -0.2) is 0 Å². The summed E-state index contributed by atoms with van der Waals surface area (Å²) in [4.78, 5) is 0. The van der Waals surface area contributed by atoms with E-state index in [1.54, 1.807) is 0 Å². The molecule has 0 saturated heterocycles. The highest BCUT2D eigenvalue weighted by Crippen LogP contribution is 2.31. The van der Waals surface area contributed by atoms with Gasteiger partial charge < -0.3 is 10.5 Å². The number of para-hydroxylation sites is 1. The Balaban J connectivity index is 2.19. The first kappa shape index (κ1) is 13.0. The molecule has 0 aliphatic carbocycles. The van der Waals surface area contributed by atoms with Crippen molar-refractivity contribution in [2.75, 3.05) is 5.73 Å². The van der Waals surface area contributed by atoms with Crippen molar-refractivity contribution in [3.8, 4) is 5.75 Å². The number of hydrogen-bond donors (Lipinski definition) is 1. The number of nitrogen functional groups attached to an aromatic ring is 1. The van der Waals surface area contributed by atoms with Crippen molar-refractivity contribution in [2.45, 2.75) is 20.5 Å². The third-order valence-electron chi connectivity index (χ3n) is 2.87. The minimum atomic E-state index is 0.528. The first-order chi connectivity index (χ1) is 8.58. The molecule has 0 unspecified atom stereocenters. The molecule has 0 bridgehead atoms. The van der Waals surface area contributed by atoms with Crippen LogP contribution in [0.3, 0.4) is 0 Å². The molecule has 0 radical (unpaired) electrons. The van der Waals surface area contributed by atoms with E-state index in [0.29, 0.717) is 18.0 Å². The third kappa shape index (κ3) is 2.85. The Morgan fingerprint density at radius 2 is 1.94 bits per heavy atom. The van der Waals surface area contributed by atoms with E-state index in [4.69, 9.17) is 10.5 Å². The van der Waals surface area contributed by atoms with Gasteiger partial charge in [-0.25, -0.2) is 0 Å². The molecule has 0 aromatic heterocycles. The van der Waals surface area contributed by atoms with Crippen LogP contribution >= 0.6 is 15.9 Å². The van der Waals surface area contributed by atoms with Gasteiger partial charge in [0.15, 0.2) is 5.75 Å². The second-order valence-electron chi connectivity index (χ2n) is 4.38. The second kappa shape index (κ2) is 5.44. The Morgan fingerprint density at radius 1 is 1.17 bits per heavy atom. The fraction of sp³-hybridized carbons (Fsp3) is 0.200. The summed E-state index contributed by atoms with van der Waals surface area (Å²) in [6.07, 6.45) is 0. The van der Waals surface area contributed by atoms with E-state index in [0.717, 1.165) is 4.47 Å². The van der Waals surface area contributed by atoms with Crippen LogP contribution in [0.2, 0.25) is 0 Å². The summed E-state index contributed by atoms with van der Waals surface area (Å²) in [7, 11) is 0. The van der Waals surface area contributed by atoms with Crippen LogP contribution in [0, 0.1) is 13.8 Å². The Morgan fingerprint density at radius 3 is 2.67 bits per heavy atom. The standard InChI is InChI=1S/C15H16BrNO/c1-10-6-7-11(2)12(8-10)9-18-15-13(16)4-3-5-14(15)17/h3-8H,9,17H2,1-2H3. The monoisotopic (exact) mass is 305 g/mol. The first-order valence-electron chi connectivity index (χ1n) is 5.81. The lowest BCUT2D eigenvalue weighted by atomic mass is 10.1. The van der Waals surface area contributed by atoms with Crippen molar-refractivity contribution >= 4 is 21.6 Å². The molecule has 2 aromatic rings. The Kier molecular flexibility index (Phi) is 3.92. The van der Waals surface area contributed by atoms with Crippen LogP contribution in [0.1, 0.15) is 16.7 Å². The fourth-order valence-electron chi connectivity index (χ4n) is 1.78. The Labute approximate surface area is 116 Å². The Bertz CT molecular complexity index is 546. The molecule has 2 aromatic carbocycles. The zero-order chi connectivity index (χ0) is 13.1. The molecule has 0 heterocycles. The fourth-order valence-corrected chi connectivity index (χ4v) is 2.28. The minimum absolute atomic E-state index is 0.528. The normalized spacial score (nSPS) is 10.4. The van der Waals surface area contributed by atoms with Gasteiger partial charge in [0.05, 0.1) is 10.2 Å². The number of nitrogens with two attached hydrogens (primary N) is 1. The molecule has 2 N–H and O–H groups in total. The van der Waals surface area contributed by atoms with Crippen molar-refractivity contribution in [1.29, 1.82) is 0 Å². The van der Waals surface area contributed by atoms with Gasteiger partial charge >= 0.3 is 0 Å². The van der Waals surface area contributed by atoms with Gasteiger partial charge in [0, 0.05) is 0 Å². The smallest absolute Gasteiger partial charge is 0.156 e. The van der Waals surface area contributed by atoms with Gasteiger partial charge in [-0.05, 0) is 53.0 Å². The van der Waals surface area contributed by atoms with Gasteiger partial charge in [-0.3, -0.25) is 0 Å². The average molecular weight is 306 g/mol. The van der Waals surface area contributed by atoms with Crippen molar-refractivity contribution < 1.29 is 4.74 Å². The van der Waals surface area contributed by atoms with E-state index in [-0.39, 0.29) is 0 Å². The molecule has 0 saturated carbocycles. The molecule has 0 atom stereocenters. The molecule has 0 aliphatic heterocycles. The van der Waals surface area contributed by atoms with Crippen LogP contribution in [0.5, 0.6) is 5.75 Å². The maximum absolute atomic E-state index is 5.90. The molecular formula is C15H16BrNO. The van der Waals surface area contributed by atoms with Crippen LogP contribution in [0.15, 0.2) is 40.9 Å². The van der Waals surface area contributed by atoms with E-state index in [1.165, 1.54) is 16.7 Å². The van der Waals surface area contributed by atoms with Crippen molar-refractivity contribution in [2.24, 2.45) is 0 Å². The molecule has 2 nitrogen and oxygen atoms in total. The number of ether oxygens (including phenoxy) is 1. The van der Waals surface area contributed by atoms with Gasteiger partial charge in [-0.15, -0.1) is 0 Å². The summed E-state index contributed by atoms with van der Waals surface area (Å²) in [6.45, 7) is 4.69. The number of halogens is 1. The molecule has 3 heteroatoms. The Hall–Kier alpha value is -1.48.